The molecule has 0 aliphatic heterocycles. The van der Waals surface area contributed by atoms with Crippen molar-refractivity contribution in [3.05, 3.63) is 0 Å². The first-order chi connectivity index (χ1) is 12.4. The standard InChI is InChI=1S/C9H6F14O6/c10-3(11,1-24)26-5(14,15)7(18,19)28-9(22,23)29-8(20,21)6(16,17)27-4(12,13)2-25/h24-25H,1-2H2. The lowest BCUT2D eigenvalue weighted by Crippen LogP contribution is -2.56. The number of rotatable bonds is 12. The van der Waals surface area contributed by atoms with Crippen LogP contribution in [0.4, 0.5) is 61.5 Å². The van der Waals surface area contributed by atoms with E-state index in [1.165, 1.54) is 0 Å². The molecule has 0 aromatic rings. The van der Waals surface area contributed by atoms with Crippen LogP contribution in [-0.4, -0.2) is 66.4 Å². The molecule has 0 bridgehead atoms. The second-order valence-corrected chi connectivity index (χ2v) is 4.53. The molecule has 0 radical (unpaired) electrons. The molecule has 0 atom stereocenters. The molecule has 0 unspecified atom stereocenters. The van der Waals surface area contributed by atoms with Gasteiger partial charge < -0.3 is 10.2 Å². The monoisotopic (exact) mass is 476 g/mol. The fraction of sp³-hybridized carbons (Fsp3) is 1.00. The molecule has 20 heteroatoms. The first kappa shape index (κ1) is 27.8. The normalized spacial score (nSPS) is 15.7. The van der Waals surface area contributed by atoms with E-state index >= 15 is 0 Å². The molecule has 0 aromatic carbocycles. The topological polar surface area (TPSA) is 77.4 Å². The van der Waals surface area contributed by atoms with E-state index in [1.54, 1.807) is 9.47 Å². The number of aliphatic hydroxyl groups is 2. The summed E-state index contributed by atoms with van der Waals surface area (Å²) < 4.78 is 185. The third-order valence-electron chi connectivity index (χ3n) is 2.09. The molecule has 0 saturated carbocycles. The van der Waals surface area contributed by atoms with Crippen molar-refractivity contribution in [1.82, 2.24) is 0 Å². The fourth-order valence-corrected chi connectivity index (χ4v) is 0.997. The van der Waals surface area contributed by atoms with Gasteiger partial charge in [-0.3, -0.25) is 0 Å². The number of aliphatic hydroxyl groups excluding tert-OH is 2. The molecule has 0 rings (SSSR count). The maximum absolute atomic E-state index is 12.9. The van der Waals surface area contributed by atoms with Crippen molar-refractivity contribution in [2.24, 2.45) is 0 Å². The third kappa shape index (κ3) is 7.51. The van der Waals surface area contributed by atoms with Crippen molar-refractivity contribution in [3.63, 3.8) is 0 Å². The predicted molar refractivity (Wildman–Crippen MR) is 53.1 cm³/mol. The Labute approximate surface area is 148 Å². The van der Waals surface area contributed by atoms with Crippen LogP contribution in [0.1, 0.15) is 0 Å². The zero-order chi connectivity index (χ0) is 23.7. The molecular formula is C9H6F14O6. The Morgan fingerprint density at radius 3 is 0.828 bits per heavy atom. The predicted octanol–water partition coefficient (Wildman–Crippen LogP) is 3.14. The molecule has 0 heterocycles. The lowest BCUT2D eigenvalue weighted by molar-refractivity contribution is -0.590. The van der Waals surface area contributed by atoms with Crippen LogP contribution < -0.4 is 0 Å². The van der Waals surface area contributed by atoms with Crippen molar-refractivity contribution in [3.8, 4) is 0 Å². The molecule has 2 N–H and O–H groups in total. The Kier molecular flexibility index (Phi) is 7.79. The molecule has 0 saturated heterocycles. The van der Waals surface area contributed by atoms with E-state index < -0.39 is 56.2 Å². The maximum Gasteiger partial charge on any atom is 0.495 e. The Morgan fingerprint density at radius 2 is 0.621 bits per heavy atom. The van der Waals surface area contributed by atoms with Crippen LogP contribution in [0.2, 0.25) is 0 Å². The van der Waals surface area contributed by atoms with Crippen molar-refractivity contribution in [2.75, 3.05) is 13.2 Å². The van der Waals surface area contributed by atoms with Crippen LogP contribution in [0, 0.1) is 0 Å². The fourth-order valence-electron chi connectivity index (χ4n) is 0.997. The van der Waals surface area contributed by atoms with E-state index in [0.29, 0.717) is 0 Å². The van der Waals surface area contributed by atoms with Crippen molar-refractivity contribution < 1.29 is 90.6 Å². The van der Waals surface area contributed by atoms with Crippen molar-refractivity contribution in [1.29, 1.82) is 0 Å². The van der Waals surface area contributed by atoms with E-state index in [4.69, 9.17) is 10.2 Å². The molecule has 29 heavy (non-hydrogen) atoms. The van der Waals surface area contributed by atoms with Crippen molar-refractivity contribution >= 4 is 0 Å². The highest BCUT2D eigenvalue weighted by Crippen LogP contribution is 2.47. The lowest BCUT2D eigenvalue weighted by atomic mass is 10.5. The van der Waals surface area contributed by atoms with Crippen LogP contribution in [0.15, 0.2) is 0 Å². The zero-order valence-corrected chi connectivity index (χ0v) is 12.7. The van der Waals surface area contributed by atoms with E-state index in [2.05, 4.69) is 0 Å². The highest BCUT2D eigenvalue weighted by Gasteiger charge is 2.72. The summed E-state index contributed by atoms with van der Waals surface area (Å²) in [5.41, 5.74) is 0. The summed E-state index contributed by atoms with van der Waals surface area (Å²) in [5.74, 6) is 0. The van der Waals surface area contributed by atoms with E-state index in [-0.39, 0.29) is 0 Å². The highest BCUT2D eigenvalue weighted by molar-refractivity contribution is 4.73. The van der Waals surface area contributed by atoms with Crippen LogP contribution in [0.5, 0.6) is 0 Å². The Morgan fingerprint density at radius 1 is 0.414 bits per heavy atom. The smallest absolute Gasteiger partial charge is 0.387 e. The quantitative estimate of drug-likeness (QED) is 0.333. The van der Waals surface area contributed by atoms with Gasteiger partial charge in [0.25, 0.3) is 0 Å². The summed E-state index contributed by atoms with van der Waals surface area (Å²) >= 11 is 0. The van der Waals surface area contributed by atoms with E-state index in [0.717, 1.165) is 0 Å². The van der Waals surface area contributed by atoms with E-state index in [1.807, 2.05) is 9.47 Å². The Balaban J connectivity index is 5.53. The molecule has 0 fully saturated rings. The summed E-state index contributed by atoms with van der Waals surface area (Å²) in [5, 5.41) is 15.7. The number of hydrogen-bond acceptors (Lipinski definition) is 6. The molecule has 6 nitrogen and oxygen atoms in total. The van der Waals surface area contributed by atoms with Crippen LogP contribution in [0.3, 0.4) is 0 Å². The summed E-state index contributed by atoms with van der Waals surface area (Å²) in [6, 6.07) is 0. The number of hydrogen-bond donors (Lipinski definition) is 2. The van der Waals surface area contributed by atoms with Crippen molar-refractivity contribution in [2.45, 2.75) is 42.9 Å². The minimum absolute atomic E-state index is 1.68. The summed E-state index contributed by atoms with van der Waals surface area (Å²) in [7, 11) is 0. The molecule has 0 aliphatic carbocycles. The highest BCUT2D eigenvalue weighted by atomic mass is 19.4. The molecular weight excluding hydrogens is 470 g/mol. The minimum atomic E-state index is -7.02. The van der Waals surface area contributed by atoms with Crippen LogP contribution >= 0.6 is 0 Å². The Hall–Kier alpha value is -1.22. The van der Waals surface area contributed by atoms with Gasteiger partial charge in [-0.2, -0.15) is 52.7 Å². The van der Waals surface area contributed by atoms with Gasteiger partial charge >= 0.3 is 42.9 Å². The molecule has 0 amide bonds. The average molecular weight is 476 g/mol. The summed E-state index contributed by atoms with van der Waals surface area (Å²) in [4.78, 5) is 0. The van der Waals surface area contributed by atoms with Gasteiger partial charge in [-0.05, 0) is 0 Å². The second kappa shape index (κ2) is 8.13. The Bertz CT molecular complexity index is 506. The summed E-state index contributed by atoms with van der Waals surface area (Å²) in [6.45, 7) is -5.43. The summed E-state index contributed by atoms with van der Waals surface area (Å²) in [6.07, 6.45) is -45.6. The first-order valence-electron chi connectivity index (χ1n) is 6.12. The molecule has 176 valence electrons. The molecule has 0 spiro atoms. The van der Waals surface area contributed by atoms with Gasteiger partial charge in [0.15, 0.2) is 0 Å². The van der Waals surface area contributed by atoms with Gasteiger partial charge in [0.05, 0.1) is 0 Å². The van der Waals surface area contributed by atoms with E-state index in [9.17, 15) is 61.5 Å². The minimum Gasteiger partial charge on any atom is -0.387 e. The van der Waals surface area contributed by atoms with Crippen LogP contribution in [0.25, 0.3) is 0 Å². The first-order valence-corrected chi connectivity index (χ1v) is 6.12. The second-order valence-electron chi connectivity index (χ2n) is 4.53. The van der Waals surface area contributed by atoms with Gasteiger partial charge in [0.2, 0.25) is 0 Å². The van der Waals surface area contributed by atoms with Gasteiger partial charge in [-0.25, -0.2) is 18.9 Å². The van der Waals surface area contributed by atoms with Gasteiger partial charge in [0, 0.05) is 0 Å². The van der Waals surface area contributed by atoms with Gasteiger partial charge in [-0.1, -0.05) is 0 Å². The molecule has 0 aliphatic rings. The average Bonchev–Trinajstić information content (AvgIpc) is 2.42. The lowest BCUT2D eigenvalue weighted by Gasteiger charge is -2.33. The number of halogens is 14. The van der Waals surface area contributed by atoms with Gasteiger partial charge in [-0.15, -0.1) is 8.78 Å². The zero-order valence-electron chi connectivity index (χ0n) is 12.7. The number of ether oxygens (including phenoxy) is 4. The van der Waals surface area contributed by atoms with Crippen LogP contribution in [-0.2, 0) is 18.9 Å². The SMILES string of the molecule is OCC(F)(F)OC(F)(F)C(F)(F)OC(F)(F)OC(F)(F)C(F)(F)OC(F)(F)CO. The largest absolute Gasteiger partial charge is 0.495 e. The third-order valence-corrected chi connectivity index (χ3v) is 2.09. The maximum atomic E-state index is 12.9. The molecule has 0 aromatic heterocycles. The number of alkyl halides is 14. The van der Waals surface area contributed by atoms with Gasteiger partial charge in [0.1, 0.15) is 13.2 Å².